The number of phenols is 1. The molecule has 2 nitrogen and oxygen atoms in total. The van der Waals surface area contributed by atoms with Gasteiger partial charge >= 0.3 is 0 Å². The highest BCUT2D eigenvalue weighted by Gasteiger charge is 2.29. The number of rotatable bonds is 8. The fourth-order valence-corrected chi connectivity index (χ4v) is 4.23. The molecule has 3 heteroatoms. The first-order chi connectivity index (χ1) is 13.2. The van der Waals surface area contributed by atoms with Crippen molar-refractivity contribution in [2.75, 3.05) is 0 Å². The number of aliphatic hydroxyl groups excluding tert-OH is 1. The van der Waals surface area contributed by atoms with Gasteiger partial charge in [0, 0.05) is 5.56 Å². The molecule has 0 aromatic heterocycles. The van der Waals surface area contributed by atoms with E-state index < -0.39 is 6.10 Å². The Labute approximate surface area is 169 Å². The molecular formula is C25H35FO2. The number of para-hydroxylation sites is 1. The molecule has 0 aliphatic carbocycles. The Kier molecular flexibility index (Phi) is 7.65. The quantitative estimate of drug-likeness (QED) is 0.470. The zero-order chi connectivity index (χ0) is 21.0. The number of hydrogen-bond acceptors (Lipinski definition) is 2. The van der Waals surface area contributed by atoms with Crippen LogP contribution in [0.1, 0.15) is 101 Å². The molecule has 0 aliphatic rings. The lowest BCUT2D eigenvalue weighted by Gasteiger charge is -2.28. The van der Waals surface area contributed by atoms with E-state index in [0.29, 0.717) is 16.7 Å². The number of unbranched alkanes of at least 4 members (excludes halogenated alkanes) is 2. The van der Waals surface area contributed by atoms with Gasteiger partial charge in [-0.2, -0.15) is 0 Å². The Morgan fingerprint density at radius 2 is 1.50 bits per heavy atom. The summed E-state index contributed by atoms with van der Waals surface area (Å²) < 4.78 is 15.8. The Balaban J connectivity index is 3.00. The van der Waals surface area contributed by atoms with Gasteiger partial charge in [-0.3, -0.25) is 0 Å². The summed E-state index contributed by atoms with van der Waals surface area (Å²) in [5.41, 5.74) is 4.33. The summed E-state index contributed by atoms with van der Waals surface area (Å²) in [5, 5.41) is 21.3. The van der Waals surface area contributed by atoms with Crippen LogP contribution in [-0.4, -0.2) is 10.2 Å². The van der Waals surface area contributed by atoms with Gasteiger partial charge < -0.3 is 10.2 Å². The average molecular weight is 387 g/mol. The summed E-state index contributed by atoms with van der Waals surface area (Å²) in [6.45, 7) is 11.8. The molecule has 154 valence electrons. The normalized spacial score (nSPS) is 12.8. The number of phenolic OH excluding ortho intramolecular Hbond substituents is 1. The van der Waals surface area contributed by atoms with Gasteiger partial charge in [-0.15, -0.1) is 0 Å². The van der Waals surface area contributed by atoms with E-state index in [1.807, 2.05) is 39.8 Å². The molecule has 0 saturated carbocycles. The van der Waals surface area contributed by atoms with Crippen LogP contribution < -0.4 is 0 Å². The number of hydrogen-bond donors (Lipinski definition) is 2. The highest BCUT2D eigenvalue weighted by molar-refractivity contribution is 5.79. The molecule has 0 spiro atoms. The smallest absolute Gasteiger partial charge is 0.130 e. The minimum absolute atomic E-state index is 0.0155. The first-order valence-electron chi connectivity index (χ1n) is 10.6. The molecule has 1 atom stereocenters. The second kappa shape index (κ2) is 9.56. The summed E-state index contributed by atoms with van der Waals surface area (Å²) in [6.07, 6.45) is 3.01. The lowest BCUT2D eigenvalue weighted by molar-refractivity contribution is 0.197. The van der Waals surface area contributed by atoms with Crippen LogP contribution >= 0.6 is 0 Å². The molecule has 0 saturated heterocycles. The van der Waals surface area contributed by atoms with E-state index in [1.165, 1.54) is 0 Å². The number of aliphatic hydroxyl groups is 1. The summed E-state index contributed by atoms with van der Waals surface area (Å²) in [5.74, 6) is -0.0816. The first kappa shape index (κ1) is 22.4. The standard InChI is InChI=1S/C25H35FO2/c1-7-8-9-13-19-21(15(2)3)25(26)22(16(4)5)23(17(6)27)24(19)18-12-10-11-14-20(18)28/h10-12,14-17,27-28H,7-9,13H2,1-6H3. The highest BCUT2D eigenvalue weighted by atomic mass is 19.1. The Morgan fingerprint density at radius 3 is 2.00 bits per heavy atom. The Bertz CT molecular complexity index is 807. The molecule has 28 heavy (non-hydrogen) atoms. The predicted molar refractivity (Wildman–Crippen MR) is 116 cm³/mol. The monoisotopic (exact) mass is 386 g/mol. The van der Waals surface area contributed by atoms with Gasteiger partial charge in [0.15, 0.2) is 0 Å². The van der Waals surface area contributed by atoms with Crippen LogP contribution in [0.5, 0.6) is 5.75 Å². The molecule has 2 aromatic rings. The SMILES string of the molecule is CCCCCc1c(-c2ccccc2O)c(C(C)O)c(C(C)C)c(F)c1C(C)C. The van der Waals surface area contributed by atoms with Gasteiger partial charge in [0.05, 0.1) is 6.10 Å². The third kappa shape index (κ3) is 4.41. The topological polar surface area (TPSA) is 40.5 Å². The second-order valence-corrected chi connectivity index (χ2v) is 8.37. The predicted octanol–water partition coefficient (Wildman–Crippen LogP) is 7.23. The lowest BCUT2D eigenvalue weighted by Crippen LogP contribution is -2.14. The van der Waals surface area contributed by atoms with Crippen LogP contribution in [0, 0.1) is 5.82 Å². The van der Waals surface area contributed by atoms with E-state index in [-0.39, 0.29) is 23.4 Å². The van der Waals surface area contributed by atoms with Crippen molar-refractivity contribution in [1.29, 1.82) is 0 Å². The van der Waals surface area contributed by atoms with Gasteiger partial charge in [0.1, 0.15) is 11.6 Å². The van der Waals surface area contributed by atoms with E-state index in [0.717, 1.165) is 42.4 Å². The van der Waals surface area contributed by atoms with Crippen molar-refractivity contribution in [2.45, 2.75) is 85.2 Å². The minimum Gasteiger partial charge on any atom is -0.507 e. The highest BCUT2D eigenvalue weighted by Crippen LogP contribution is 2.45. The molecule has 0 aliphatic heterocycles. The molecular weight excluding hydrogens is 351 g/mol. The third-order valence-electron chi connectivity index (χ3n) is 5.44. The lowest BCUT2D eigenvalue weighted by atomic mass is 9.77. The van der Waals surface area contributed by atoms with Crippen molar-refractivity contribution in [1.82, 2.24) is 0 Å². The zero-order valence-corrected chi connectivity index (χ0v) is 18.1. The second-order valence-electron chi connectivity index (χ2n) is 8.37. The van der Waals surface area contributed by atoms with Crippen molar-refractivity contribution in [2.24, 2.45) is 0 Å². The Hall–Kier alpha value is -1.87. The fraction of sp³-hybridized carbons (Fsp3) is 0.520. The van der Waals surface area contributed by atoms with E-state index in [4.69, 9.17) is 0 Å². The largest absolute Gasteiger partial charge is 0.507 e. The summed E-state index contributed by atoms with van der Waals surface area (Å²) in [7, 11) is 0. The molecule has 0 bridgehead atoms. The van der Waals surface area contributed by atoms with Crippen molar-refractivity contribution >= 4 is 0 Å². The van der Waals surface area contributed by atoms with Crippen molar-refractivity contribution in [3.63, 3.8) is 0 Å². The van der Waals surface area contributed by atoms with Crippen LogP contribution in [-0.2, 0) is 6.42 Å². The van der Waals surface area contributed by atoms with Crippen LogP contribution in [0.15, 0.2) is 24.3 Å². The maximum atomic E-state index is 15.8. The van der Waals surface area contributed by atoms with Crippen LogP contribution in [0.2, 0.25) is 0 Å². The third-order valence-corrected chi connectivity index (χ3v) is 5.44. The molecule has 2 rings (SSSR count). The van der Waals surface area contributed by atoms with Gasteiger partial charge in [-0.1, -0.05) is 65.7 Å². The number of benzene rings is 2. The van der Waals surface area contributed by atoms with Crippen molar-refractivity contribution in [3.8, 4) is 16.9 Å². The minimum atomic E-state index is -0.826. The molecule has 1 unspecified atom stereocenters. The average Bonchev–Trinajstić information content (AvgIpc) is 2.61. The van der Waals surface area contributed by atoms with Crippen LogP contribution in [0.25, 0.3) is 11.1 Å². The summed E-state index contributed by atoms with van der Waals surface area (Å²) >= 11 is 0. The molecule has 0 radical (unpaired) electrons. The zero-order valence-electron chi connectivity index (χ0n) is 18.1. The van der Waals surface area contributed by atoms with Crippen LogP contribution in [0.4, 0.5) is 4.39 Å². The first-order valence-corrected chi connectivity index (χ1v) is 10.6. The van der Waals surface area contributed by atoms with Gasteiger partial charge in [0.2, 0.25) is 0 Å². The molecule has 2 aromatic carbocycles. The molecule has 2 N–H and O–H groups in total. The number of aromatic hydroxyl groups is 1. The molecule has 0 fully saturated rings. The van der Waals surface area contributed by atoms with Gasteiger partial charge in [0.25, 0.3) is 0 Å². The summed E-state index contributed by atoms with van der Waals surface area (Å²) in [6, 6.07) is 7.19. The van der Waals surface area contributed by atoms with Crippen LogP contribution in [0.3, 0.4) is 0 Å². The number of halogens is 1. The molecule has 0 heterocycles. The van der Waals surface area contributed by atoms with E-state index in [9.17, 15) is 10.2 Å². The Morgan fingerprint density at radius 1 is 0.893 bits per heavy atom. The van der Waals surface area contributed by atoms with E-state index >= 15 is 4.39 Å². The van der Waals surface area contributed by atoms with Gasteiger partial charge in [-0.25, -0.2) is 4.39 Å². The van der Waals surface area contributed by atoms with Crippen molar-refractivity contribution < 1.29 is 14.6 Å². The van der Waals surface area contributed by atoms with E-state index in [2.05, 4.69) is 6.92 Å². The molecule has 0 amide bonds. The fourth-order valence-electron chi connectivity index (χ4n) is 4.23. The maximum Gasteiger partial charge on any atom is 0.130 e. The van der Waals surface area contributed by atoms with Gasteiger partial charge in [-0.05, 0) is 65.5 Å². The maximum absolute atomic E-state index is 15.8. The summed E-state index contributed by atoms with van der Waals surface area (Å²) in [4.78, 5) is 0. The van der Waals surface area contributed by atoms with Crippen molar-refractivity contribution in [3.05, 3.63) is 52.3 Å². The van der Waals surface area contributed by atoms with E-state index in [1.54, 1.807) is 19.1 Å².